The van der Waals surface area contributed by atoms with Crippen molar-refractivity contribution in [3.05, 3.63) is 34.9 Å². The highest BCUT2D eigenvalue weighted by molar-refractivity contribution is 6.32. The summed E-state index contributed by atoms with van der Waals surface area (Å²) < 4.78 is 10.2. The minimum atomic E-state index is 0.249. The van der Waals surface area contributed by atoms with Crippen LogP contribution < -0.4 is 15.8 Å². The molecule has 3 N–H and O–H groups in total. The lowest BCUT2D eigenvalue weighted by atomic mass is 10.3. The normalized spacial score (nSPS) is 14.9. The summed E-state index contributed by atoms with van der Waals surface area (Å²) >= 11 is 6.05. The first-order valence-electron chi connectivity index (χ1n) is 6.88. The van der Waals surface area contributed by atoms with Crippen molar-refractivity contribution in [1.82, 2.24) is 10.1 Å². The van der Waals surface area contributed by atoms with Crippen LogP contribution in [0.2, 0.25) is 5.02 Å². The van der Waals surface area contributed by atoms with Crippen molar-refractivity contribution < 1.29 is 9.26 Å². The van der Waals surface area contributed by atoms with Gasteiger partial charge in [-0.3, -0.25) is 0 Å². The maximum atomic E-state index is 6.05. The zero-order valence-electron chi connectivity index (χ0n) is 12.0. The Morgan fingerprint density at radius 3 is 3.05 bits per heavy atom. The quantitative estimate of drug-likeness (QED) is 0.648. The summed E-state index contributed by atoms with van der Waals surface area (Å²) in [5, 5.41) is 7.32. The summed E-state index contributed by atoms with van der Waals surface area (Å²) in [6.45, 7) is 0.263. The smallest absolute Gasteiger partial charge is 0.229 e. The molecule has 0 bridgehead atoms. The van der Waals surface area contributed by atoms with Gasteiger partial charge in [0.25, 0.3) is 0 Å². The maximum absolute atomic E-state index is 6.05. The number of benzene rings is 1. The summed E-state index contributed by atoms with van der Waals surface area (Å²) in [7, 11) is 1.56. The second kappa shape index (κ2) is 6.23. The molecule has 1 fully saturated rings. The van der Waals surface area contributed by atoms with E-state index in [2.05, 4.69) is 20.4 Å². The van der Waals surface area contributed by atoms with Crippen molar-refractivity contribution in [2.45, 2.75) is 25.3 Å². The minimum Gasteiger partial charge on any atom is -0.495 e. The van der Waals surface area contributed by atoms with Crippen LogP contribution in [0.5, 0.6) is 5.75 Å². The first kappa shape index (κ1) is 14.6. The molecule has 8 heteroatoms. The molecule has 7 nitrogen and oxygen atoms in total. The van der Waals surface area contributed by atoms with E-state index in [-0.39, 0.29) is 12.5 Å². The average Bonchev–Trinajstić information content (AvgIpc) is 3.24. The Kier molecular flexibility index (Phi) is 4.15. The van der Waals surface area contributed by atoms with Crippen LogP contribution in [0.15, 0.2) is 27.7 Å². The van der Waals surface area contributed by atoms with Crippen LogP contribution in [0.25, 0.3) is 0 Å². The lowest BCUT2D eigenvalue weighted by molar-refractivity contribution is 0.374. The molecule has 0 saturated heterocycles. The summed E-state index contributed by atoms with van der Waals surface area (Å²) in [6.07, 6.45) is 2.24. The number of aromatic nitrogens is 2. The van der Waals surface area contributed by atoms with E-state index in [1.54, 1.807) is 25.3 Å². The second-order valence-electron chi connectivity index (χ2n) is 5.00. The standard InChI is InChI=1S/C14H16ClN5O2/c1-21-11-5-4-9(6-10(11)15)18-14(16)17-7-12-19-13(22-20-12)8-2-3-8/h4-6,8H,2-3,7H2,1H3,(H3,16,17,18). The summed E-state index contributed by atoms with van der Waals surface area (Å²) in [6, 6.07) is 5.26. The Labute approximate surface area is 132 Å². The van der Waals surface area contributed by atoms with Gasteiger partial charge in [-0.2, -0.15) is 4.98 Å². The monoisotopic (exact) mass is 321 g/mol. The number of methoxy groups -OCH3 is 1. The summed E-state index contributed by atoms with van der Waals surface area (Å²) in [5.74, 6) is 2.50. The van der Waals surface area contributed by atoms with Crippen LogP contribution >= 0.6 is 11.6 Å². The zero-order chi connectivity index (χ0) is 15.5. The molecule has 3 rings (SSSR count). The van der Waals surface area contributed by atoms with Crippen LogP contribution in [0, 0.1) is 0 Å². The topological polar surface area (TPSA) is 98.6 Å². The lowest BCUT2D eigenvalue weighted by Gasteiger charge is -2.08. The predicted octanol–water partition coefficient (Wildman–Crippen LogP) is 2.54. The molecule has 1 aromatic carbocycles. The number of nitrogens with two attached hydrogens (primary N) is 1. The number of halogens is 1. The average molecular weight is 322 g/mol. The van der Waals surface area contributed by atoms with Gasteiger partial charge in [0.15, 0.2) is 11.8 Å². The molecule has 0 aliphatic heterocycles. The molecular weight excluding hydrogens is 306 g/mol. The van der Waals surface area contributed by atoms with Crippen molar-refractivity contribution in [1.29, 1.82) is 0 Å². The van der Waals surface area contributed by atoms with Gasteiger partial charge in [-0.1, -0.05) is 16.8 Å². The van der Waals surface area contributed by atoms with Crippen LogP contribution in [-0.2, 0) is 6.54 Å². The lowest BCUT2D eigenvalue weighted by Crippen LogP contribution is -2.22. The fourth-order valence-corrected chi connectivity index (χ4v) is 2.17. The molecule has 22 heavy (non-hydrogen) atoms. The molecule has 0 radical (unpaired) electrons. The van der Waals surface area contributed by atoms with E-state index in [0.717, 1.165) is 18.5 Å². The fourth-order valence-electron chi connectivity index (χ4n) is 1.92. The number of hydrogen-bond acceptors (Lipinski definition) is 5. The van der Waals surface area contributed by atoms with Gasteiger partial charge in [0.1, 0.15) is 12.3 Å². The Balaban J connectivity index is 1.60. The van der Waals surface area contributed by atoms with E-state index in [1.807, 2.05) is 0 Å². The minimum absolute atomic E-state index is 0.249. The number of guanidine groups is 1. The molecule has 0 amide bonds. The van der Waals surface area contributed by atoms with Crippen molar-refractivity contribution >= 4 is 23.2 Å². The van der Waals surface area contributed by atoms with Gasteiger partial charge < -0.3 is 20.3 Å². The Morgan fingerprint density at radius 2 is 2.36 bits per heavy atom. The van der Waals surface area contributed by atoms with Crippen molar-refractivity contribution in [3.63, 3.8) is 0 Å². The van der Waals surface area contributed by atoms with Crippen LogP contribution in [0.3, 0.4) is 0 Å². The number of hydrogen-bond donors (Lipinski definition) is 2. The van der Waals surface area contributed by atoms with Crippen molar-refractivity contribution in [2.24, 2.45) is 10.7 Å². The predicted molar refractivity (Wildman–Crippen MR) is 83.2 cm³/mol. The first-order valence-corrected chi connectivity index (χ1v) is 7.26. The van der Waals surface area contributed by atoms with E-state index < -0.39 is 0 Å². The van der Waals surface area contributed by atoms with Gasteiger partial charge in [-0.15, -0.1) is 0 Å². The van der Waals surface area contributed by atoms with Gasteiger partial charge >= 0.3 is 0 Å². The second-order valence-corrected chi connectivity index (χ2v) is 5.41. The first-order chi connectivity index (χ1) is 10.7. The number of nitrogens with one attached hydrogen (secondary N) is 1. The fraction of sp³-hybridized carbons (Fsp3) is 0.357. The van der Waals surface area contributed by atoms with E-state index in [4.69, 9.17) is 26.6 Å². The molecule has 116 valence electrons. The highest BCUT2D eigenvalue weighted by Crippen LogP contribution is 2.38. The van der Waals surface area contributed by atoms with Crippen molar-refractivity contribution in [2.75, 3.05) is 12.4 Å². The largest absolute Gasteiger partial charge is 0.495 e. The number of rotatable bonds is 5. The third-order valence-electron chi connectivity index (χ3n) is 3.23. The molecule has 0 atom stereocenters. The van der Waals surface area contributed by atoms with Crippen LogP contribution in [-0.4, -0.2) is 23.2 Å². The Hall–Kier alpha value is -2.28. The van der Waals surface area contributed by atoms with Gasteiger partial charge in [0.05, 0.1) is 12.1 Å². The molecule has 1 saturated carbocycles. The van der Waals surface area contributed by atoms with Gasteiger partial charge in [-0.05, 0) is 31.0 Å². The molecular formula is C14H16ClN5O2. The third kappa shape index (κ3) is 3.48. The Morgan fingerprint density at radius 1 is 1.55 bits per heavy atom. The van der Waals surface area contributed by atoms with Gasteiger partial charge in [0, 0.05) is 11.6 Å². The van der Waals surface area contributed by atoms with E-state index in [0.29, 0.717) is 28.4 Å². The van der Waals surface area contributed by atoms with E-state index in [9.17, 15) is 0 Å². The third-order valence-corrected chi connectivity index (χ3v) is 3.52. The van der Waals surface area contributed by atoms with E-state index >= 15 is 0 Å². The van der Waals surface area contributed by atoms with Gasteiger partial charge in [-0.25, -0.2) is 4.99 Å². The molecule has 2 aromatic rings. The maximum Gasteiger partial charge on any atom is 0.229 e. The number of nitrogens with zero attached hydrogens (tertiary/aromatic N) is 3. The highest BCUT2D eigenvalue weighted by atomic mass is 35.5. The highest BCUT2D eigenvalue weighted by Gasteiger charge is 2.29. The van der Waals surface area contributed by atoms with Crippen LogP contribution in [0.4, 0.5) is 5.69 Å². The molecule has 1 aliphatic rings. The summed E-state index contributed by atoms with van der Waals surface area (Å²) in [5.41, 5.74) is 6.55. The zero-order valence-corrected chi connectivity index (χ0v) is 12.8. The molecule has 1 heterocycles. The Bertz CT molecular complexity index is 696. The van der Waals surface area contributed by atoms with Gasteiger partial charge in [0.2, 0.25) is 5.89 Å². The molecule has 1 aromatic heterocycles. The molecule has 0 unspecified atom stereocenters. The number of anilines is 1. The number of aliphatic imine (C=N–C) groups is 1. The van der Waals surface area contributed by atoms with Crippen molar-refractivity contribution in [3.8, 4) is 5.75 Å². The molecule has 0 spiro atoms. The van der Waals surface area contributed by atoms with E-state index in [1.165, 1.54) is 0 Å². The van der Waals surface area contributed by atoms with Crippen LogP contribution in [0.1, 0.15) is 30.5 Å². The summed E-state index contributed by atoms with van der Waals surface area (Å²) in [4.78, 5) is 8.46. The number of ether oxygens (including phenoxy) is 1. The molecule has 1 aliphatic carbocycles. The SMILES string of the molecule is COc1ccc(NC(N)=NCc2noc(C3CC3)n2)cc1Cl.